The number of hydrogen-bond donors (Lipinski definition) is 2. The minimum absolute atomic E-state index is 0.365. The van der Waals surface area contributed by atoms with Gasteiger partial charge in [-0.2, -0.15) is 0 Å². The molecule has 0 atom stereocenters. The lowest BCUT2D eigenvalue weighted by Crippen LogP contribution is -2.38. The SMILES string of the molecule is CCNC(=NCc1ccc(S(C)(=O)=O)c(C)c1)NCCc1ccc(C)c(OC)c1. The summed E-state index contributed by atoms with van der Waals surface area (Å²) in [6, 6.07) is 11.6. The molecule has 0 heterocycles. The van der Waals surface area contributed by atoms with Crippen molar-refractivity contribution in [3.63, 3.8) is 0 Å². The highest BCUT2D eigenvalue weighted by atomic mass is 32.2. The predicted octanol–water partition coefficient (Wildman–Crippen LogP) is 3.01. The van der Waals surface area contributed by atoms with Crippen molar-refractivity contribution in [1.29, 1.82) is 0 Å². The molecule has 0 aromatic heterocycles. The van der Waals surface area contributed by atoms with Crippen LogP contribution in [-0.2, 0) is 22.8 Å². The van der Waals surface area contributed by atoms with Crippen molar-refractivity contribution in [2.75, 3.05) is 26.5 Å². The number of hydrogen-bond acceptors (Lipinski definition) is 4. The summed E-state index contributed by atoms with van der Waals surface area (Å²) in [6.07, 6.45) is 2.08. The molecule has 0 unspecified atom stereocenters. The van der Waals surface area contributed by atoms with Gasteiger partial charge in [-0.25, -0.2) is 13.4 Å². The van der Waals surface area contributed by atoms with Crippen LogP contribution in [0.15, 0.2) is 46.3 Å². The zero-order chi connectivity index (χ0) is 21.4. The summed E-state index contributed by atoms with van der Waals surface area (Å²) in [6.45, 7) is 7.83. The van der Waals surface area contributed by atoms with Gasteiger partial charge in [0.2, 0.25) is 0 Å². The number of aryl methyl sites for hydroxylation is 2. The predicted molar refractivity (Wildman–Crippen MR) is 119 cm³/mol. The smallest absolute Gasteiger partial charge is 0.191 e. The van der Waals surface area contributed by atoms with Crippen molar-refractivity contribution in [3.8, 4) is 5.75 Å². The molecule has 29 heavy (non-hydrogen) atoms. The van der Waals surface area contributed by atoms with Gasteiger partial charge in [0.15, 0.2) is 15.8 Å². The van der Waals surface area contributed by atoms with Crippen molar-refractivity contribution < 1.29 is 13.2 Å². The highest BCUT2D eigenvalue weighted by molar-refractivity contribution is 7.90. The van der Waals surface area contributed by atoms with Gasteiger partial charge in [0, 0.05) is 19.3 Å². The van der Waals surface area contributed by atoms with Gasteiger partial charge in [0.1, 0.15) is 5.75 Å². The fraction of sp³-hybridized carbons (Fsp3) is 0.409. The first kappa shape index (κ1) is 22.7. The third kappa shape index (κ3) is 6.78. The molecule has 0 radical (unpaired) electrons. The summed E-state index contributed by atoms with van der Waals surface area (Å²) in [5.41, 5.74) is 4.03. The normalized spacial score (nSPS) is 12.0. The molecule has 0 saturated carbocycles. The molecule has 0 aliphatic carbocycles. The van der Waals surface area contributed by atoms with Gasteiger partial charge in [-0.1, -0.05) is 24.3 Å². The standard InChI is InChI=1S/C22H31N3O3S/c1-6-23-22(24-12-11-18-8-7-16(2)20(14-18)28-4)25-15-19-9-10-21(17(3)13-19)29(5,26)27/h7-10,13-14H,6,11-12,15H2,1-5H3,(H2,23,24,25). The molecule has 7 heteroatoms. The number of nitrogens with one attached hydrogen (secondary N) is 2. The Labute approximate surface area is 174 Å². The van der Waals surface area contributed by atoms with Crippen LogP contribution in [0.25, 0.3) is 0 Å². The first-order valence-electron chi connectivity index (χ1n) is 9.70. The second kappa shape index (κ2) is 10.3. The Kier molecular flexibility index (Phi) is 8.08. The second-order valence-corrected chi connectivity index (χ2v) is 9.03. The zero-order valence-electron chi connectivity index (χ0n) is 17.9. The third-order valence-corrected chi connectivity index (χ3v) is 5.84. The zero-order valence-corrected chi connectivity index (χ0v) is 18.7. The van der Waals surface area contributed by atoms with Gasteiger partial charge in [0.05, 0.1) is 18.6 Å². The van der Waals surface area contributed by atoms with Gasteiger partial charge < -0.3 is 15.4 Å². The summed E-state index contributed by atoms with van der Waals surface area (Å²) in [4.78, 5) is 4.98. The maximum atomic E-state index is 11.8. The van der Waals surface area contributed by atoms with Crippen LogP contribution in [0.1, 0.15) is 29.2 Å². The molecule has 2 aromatic carbocycles. The number of ether oxygens (including phenoxy) is 1. The van der Waals surface area contributed by atoms with Crippen molar-refractivity contribution in [3.05, 3.63) is 58.7 Å². The maximum absolute atomic E-state index is 11.8. The van der Waals surface area contributed by atoms with E-state index in [1.54, 1.807) is 13.2 Å². The summed E-state index contributed by atoms with van der Waals surface area (Å²) >= 11 is 0. The van der Waals surface area contributed by atoms with E-state index in [1.165, 1.54) is 11.8 Å². The average molecular weight is 418 g/mol. The summed E-state index contributed by atoms with van der Waals surface area (Å²) in [5, 5.41) is 6.58. The van der Waals surface area contributed by atoms with Crippen LogP contribution in [0.3, 0.4) is 0 Å². The van der Waals surface area contributed by atoms with E-state index in [-0.39, 0.29) is 0 Å². The highest BCUT2D eigenvalue weighted by Gasteiger charge is 2.10. The average Bonchev–Trinajstić information content (AvgIpc) is 2.66. The minimum atomic E-state index is -3.21. The Morgan fingerprint density at radius 1 is 1.03 bits per heavy atom. The van der Waals surface area contributed by atoms with E-state index in [9.17, 15) is 8.42 Å². The molecule has 0 bridgehead atoms. The fourth-order valence-electron chi connectivity index (χ4n) is 3.08. The highest BCUT2D eigenvalue weighted by Crippen LogP contribution is 2.19. The van der Waals surface area contributed by atoms with E-state index >= 15 is 0 Å². The van der Waals surface area contributed by atoms with E-state index in [0.717, 1.165) is 47.9 Å². The number of rotatable bonds is 8. The topological polar surface area (TPSA) is 79.8 Å². The van der Waals surface area contributed by atoms with Crippen LogP contribution in [0.2, 0.25) is 0 Å². The Hall–Kier alpha value is -2.54. The molecular weight excluding hydrogens is 386 g/mol. The van der Waals surface area contributed by atoms with Crippen molar-refractivity contribution in [2.24, 2.45) is 4.99 Å². The molecule has 0 aliphatic rings. The molecule has 158 valence electrons. The lowest BCUT2D eigenvalue weighted by atomic mass is 10.1. The number of sulfone groups is 1. The molecule has 0 spiro atoms. The first-order chi connectivity index (χ1) is 13.7. The maximum Gasteiger partial charge on any atom is 0.191 e. The number of guanidine groups is 1. The number of aliphatic imine (C=N–C) groups is 1. The molecule has 2 rings (SSSR count). The largest absolute Gasteiger partial charge is 0.496 e. The molecule has 2 N–H and O–H groups in total. The molecule has 0 fully saturated rings. The number of nitrogens with zero attached hydrogens (tertiary/aromatic N) is 1. The van der Waals surface area contributed by atoms with Gasteiger partial charge in [-0.15, -0.1) is 0 Å². The lowest BCUT2D eigenvalue weighted by molar-refractivity contribution is 0.411. The fourth-order valence-corrected chi connectivity index (χ4v) is 4.04. The monoisotopic (exact) mass is 417 g/mol. The number of methoxy groups -OCH3 is 1. The molecule has 6 nitrogen and oxygen atoms in total. The number of benzene rings is 2. The van der Waals surface area contributed by atoms with Crippen molar-refractivity contribution in [2.45, 2.75) is 38.6 Å². The van der Waals surface area contributed by atoms with E-state index in [1.807, 2.05) is 32.9 Å². The van der Waals surface area contributed by atoms with E-state index < -0.39 is 9.84 Å². The quantitative estimate of drug-likeness (QED) is 0.510. The second-order valence-electron chi connectivity index (χ2n) is 7.05. The van der Waals surface area contributed by atoms with Crippen LogP contribution in [0.5, 0.6) is 5.75 Å². The Balaban J connectivity index is 2.00. The molecule has 0 saturated heterocycles. The molecular formula is C22H31N3O3S. The summed E-state index contributed by atoms with van der Waals surface area (Å²) in [7, 11) is -1.52. The summed E-state index contributed by atoms with van der Waals surface area (Å²) in [5.74, 6) is 1.63. The molecule has 0 aliphatic heterocycles. The van der Waals surface area contributed by atoms with Crippen molar-refractivity contribution in [1.82, 2.24) is 10.6 Å². The Morgan fingerprint density at radius 2 is 1.76 bits per heavy atom. The minimum Gasteiger partial charge on any atom is -0.496 e. The lowest BCUT2D eigenvalue weighted by Gasteiger charge is -2.13. The molecule has 2 aromatic rings. The Bertz CT molecular complexity index is 969. The van der Waals surface area contributed by atoms with E-state index in [0.29, 0.717) is 11.4 Å². The van der Waals surface area contributed by atoms with Gasteiger partial charge >= 0.3 is 0 Å². The van der Waals surface area contributed by atoms with Crippen LogP contribution in [0.4, 0.5) is 0 Å². The van der Waals surface area contributed by atoms with Gasteiger partial charge in [0.25, 0.3) is 0 Å². The van der Waals surface area contributed by atoms with Crippen LogP contribution < -0.4 is 15.4 Å². The summed E-state index contributed by atoms with van der Waals surface area (Å²) < 4.78 is 28.9. The van der Waals surface area contributed by atoms with E-state index in [4.69, 9.17) is 4.74 Å². The van der Waals surface area contributed by atoms with Crippen LogP contribution in [0, 0.1) is 13.8 Å². The van der Waals surface area contributed by atoms with Gasteiger partial charge in [-0.05, 0) is 61.6 Å². The van der Waals surface area contributed by atoms with Crippen LogP contribution in [-0.4, -0.2) is 40.8 Å². The van der Waals surface area contributed by atoms with Crippen molar-refractivity contribution >= 4 is 15.8 Å². The molecule has 0 amide bonds. The first-order valence-corrected chi connectivity index (χ1v) is 11.6. The van der Waals surface area contributed by atoms with E-state index in [2.05, 4.69) is 33.8 Å². The Morgan fingerprint density at radius 3 is 2.38 bits per heavy atom. The van der Waals surface area contributed by atoms with Crippen LogP contribution >= 0.6 is 0 Å². The van der Waals surface area contributed by atoms with Gasteiger partial charge in [-0.3, -0.25) is 0 Å². The third-order valence-electron chi connectivity index (χ3n) is 4.58.